The minimum atomic E-state index is -2.88. The summed E-state index contributed by atoms with van der Waals surface area (Å²) in [4.78, 5) is 10.4. The third kappa shape index (κ3) is 1.48. The van der Waals surface area contributed by atoms with E-state index in [1.807, 2.05) is 0 Å². The van der Waals surface area contributed by atoms with Crippen molar-refractivity contribution in [1.29, 1.82) is 0 Å². The summed E-state index contributed by atoms with van der Waals surface area (Å²) in [5.74, 6) is -4.11. The first-order valence-electron chi connectivity index (χ1n) is 3.22. The van der Waals surface area contributed by atoms with Crippen molar-refractivity contribution in [2.45, 2.75) is 24.8 Å². The maximum absolute atomic E-state index is 12.5. The molecule has 0 aliphatic carbocycles. The quantitative estimate of drug-likeness (QED) is 0.593. The van der Waals surface area contributed by atoms with E-state index in [4.69, 9.17) is 5.11 Å². The van der Waals surface area contributed by atoms with Gasteiger partial charge in [0, 0.05) is 6.42 Å². The van der Waals surface area contributed by atoms with E-state index >= 15 is 0 Å². The van der Waals surface area contributed by atoms with Crippen molar-refractivity contribution in [3.8, 4) is 0 Å². The van der Waals surface area contributed by atoms with Crippen molar-refractivity contribution in [2.24, 2.45) is 0 Å². The first-order valence-corrected chi connectivity index (χ1v) is 3.22. The lowest BCUT2D eigenvalue weighted by Crippen LogP contribution is -2.44. The number of nitrogens with one attached hydrogen (secondary N) is 1. The second-order valence-corrected chi connectivity index (χ2v) is 3.02. The number of hydrogen-bond acceptors (Lipinski definition) is 2. The van der Waals surface area contributed by atoms with Crippen LogP contribution in [-0.2, 0) is 4.79 Å². The first-order chi connectivity index (χ1) is 4.86. The van der Waals surface area contributed by atoms with E-state index in [2.05, 4.69) is 5.32 Å². The minimum Gasteiger partial charge on any atom is -0.480 e. The zero-order chi connectivity index (χ0) is 8.70. The standard InChI is InChI=1S/C6H9F2NO2/c1-5(4(10)11)2-6(7,8)3-9-5/h9H,2-3H2,1H3,(H,10,11). The molecule has 1 heterocycles. The van der Waals surface area contributed by atoms with Gasteiger partial charge in [-0.15, -0.1) is 0 Å². The van der Waals surface area contributed by atoms with Gasteiger partial charge in [0.25, 0.3) is 5.92 Å². The summed E-state index contributed by atoms with van der Waals surface area (Å²) in [5.41, 5.74) is -1.45. The molecule has 5 heteroatoms. The molecule has 0 amide bonds. The highest BCUT2D eigenvalue weighted by atomic mass is 19.3. The molecule has 64 valence electrons. The van der Waals surface area contributed by atoms with Crippen molar-refractivity contribution >= 4 is 5.97 Å². The minimum absolute atomic E-state index is 0.546. The number of carbonyl (C=O) groups is 1. The van der Waals surface area contributed by atoms with Crippen LogP contribution in [0.2, 0.25) is 0 Å². The molecule has 1 aliphatic heterocycles. The summed E-state index contributed by atoms with van der Waals surface area (Å²) in [7, 11) is 0. The van der Waals surface area contributed by atoms with Crippen LogP contribution in [0, 0.1) is 0 Å². The Balaban J connectivity index is 2.73. The lowest BCUT2D eigenvalue weighted by molar-refractivity contribution is -0.144. The number of alkyl halides is 2. The fraction of sp³-hybridized carbons (Fsp3) is 0.833. The van der Waals surface area contributed by atoms with Gasteiger partial charge in [0.05, 0.1) is 6.54 Å². The van der Waals surface area contributed by atoms with E-state index in [0.29, 0.717) is 0 Å². The molecule has 1 atom stereocenters. The van der Waals surface area contributed by atoms with Crippen LogP contribution in [0.25, 0.3) is 0 Å². The van der Waals surface area contributed by atoms with Gasteiger partial charge in [-0.05, 0) is 6.92 Å². The van der Waals surface area contributed by atoms with E-state index in [1.54, 1.807) is 0 Å². The summed E-state index contributed by atoms with van der Waals surface area (Å²) in [6, 6.07) is 0. The third-order valence-electron chi connectivity index (χ3n) is 1.82. The molecule has 11 heavy (non-hydrogen) atoms. The maximum atomic E-state index is 12.5. The highest BCUT2D eigenvalue weighted by Gasteiger charge is 2.50. The summed E-state index contributed by atoms with van der Waals surface area (Å²) in [6.07, 6.45) is -0.630. The Kier molecular flexibility index (Phi) is 1.63. The largest absolute Gasteiger partial charge is 0.480 e. The van der Waals surface area contributed by atoms with Gasteiger partial charge in [-0.3, -0.25) is 10.1 Å². The summed E-state index contributed by atoms with van der Waals surface area (Å²) >= 11 is 0. The van der Waals surface area contributed by atoms with Crippen LogP contribution in [0.1, 0.15) is 13.3 Å². The fourth-order valence-corrected chi connectivity index (χ4v) is 1.12. The molecule has 1 unspecified atom stereocenters. The van der Waals surface area contributed by atoms with Gasteiger partial charge in [0.15, 0.2) is 0 Å². The third-order valence-corrected chi connectivity index (χ3v) is 1.82. The molecule has 0 aromatic heterocycles. The first kappa shape index (κ1) is 8.39. The van der Waals surface area contributed by atoms with Crippen LogP contribution in [0.4, 0.5) is 8.78 Å². The molecular weight excluding hydrogens is 156 g/mol. The lowest BCUT2D eigenvalue weighted by Gasteiger charge is -2.17. The van der Waals surface area contributed by atoms with Gasteiger partial charge in [-0.2, -0.15) is 0 Å². The van der Waals surface area contributed by atoms with Crippen LogP contribution >= 0.6 is 0 Å². The van der Waals surface area contributed by atoms with Gasteiger partial charge < -0.3 is 5.11 Å². The Bertz CT molecular complexity index is 195. The van der Waals surface area contributed by atoms with Crippen LogP contribution in [0.3, 0.4) is 0 Å². The Morgan fingerprint density at radius 3 is 2.36 bits per heavy atom. The monoisotopic (exact) mass is 165 g/mol. The molecule has 0 saturated carbocycles. The number of carboxylic acid groups (broad SMARTS) is 1. The number of hydrogen-bond donors (Lipinski definition) is 2. The SMILES string of the molecule is CC1(C(=O)O)CC(F)(F)CN1. The highest BCUT2D eigenvalue weighted by Crippen LogP contribution is 2.31. The van der Waals surface area contributed by atoms with Crippen LogP contribution in [-0.4, -0.2) is 29.1 Å². The molecule has 3 nitrogen and oxygen atoms in total. The van der Waals surface area contributed by atoms with Crippen molar-refractivity contribution in [2.75, 3.05) is 6.54 Å². The van der Waals surface area contributed by atoms with Gasteiger partial charge in [-0.1, -0.05) is 0 Å². The molecule has 1 rings (SSSR count). The smallest absolute Gasteiger partial charge is 0.323 e. The average molecular weight is 165 g/mol. The molecule has 2 N–H and O–H groups in total. The second kappa shape index (κ2) is 2.14. The number of rotatable bonds is 1. The topological polar surface area (TPSA) is 49.3 Å². The predicted molar refractivity (Wildman–Crippen MR) is 33.6 cm³/mol. The number of carboxylic acids is 1. The molecule has 1 aliphatic rings. The van der Waals surface area contributed by atoms with E-state index in [1.165, 1.54) is 6.92 Å². The zero-order valence-corrected chi connectivity index (χ0v) is 6.03. The lowest BCUT2D eigenvalue weighted by atomic mass is 10.00. The van der Waals surface area contributed by atoms with Crippen molar-refractivity contribution in [1.82, 2.24) is 5.32 Å². The van der Waals surface area contributed by atoms with Crippen molar-refractivity contribution in [3.05, 3.63) is 0 Å². The molecule has 0 spiro atoms. The summed E-state index contributed by atoms with van der Waals surface area (Å²) < 4.78 is 24.9. The number of aliphatic carboxylic acids is 1. The van der Waals surface area contributed by atoms with E-state index in [0.717, 1.165) is 0 Å². The Morgan fingerprint density at radius 1 is 1.64 bits per heavy atom. The molecular formula is C6H9F2NO2. The van der Waals surface area contributed by atoms with Gasteiger partial charge >= 0.3 is 5.97 Å². The second-order valence-electron chi connectivity index (χ2n) is 3.02. The van der Waals surface area contributed by atoms with E-state index < -0.39 is 30.4 Å². The Morgan fingerprint density at radius 2 is 2.18 bits per heavy atom. The van der Waals surface area contributed by atoms with Gasteiger partial charge in [0.1, 0.15) is 5.54 Å². The Labute approximate surface area is 62.4 Å². The van der Waals surface area contributed by atoms with Gasteiger partial charge in [0.2, 0.25) is 0 Å². The molecule has 0 aromatic rings. The van der Waals surface area contributed by atoms with Crippen molar-refractivity contribution < 1.29 is 18.7 Å². The molecule has 0 radical (unpaired) electrons. The summed E-state index contributed by atoms with van der Waals surface area (Å²) in [6.45, 7) is 0.714. The predicted octanol–water partition coefficient (Wildman–Crippen LogP) is 0.458. The zero-order valence-electron chi connectivity index (χ0n) is 6.03. The molecule has 1 saturated heterocycles. The van der Waals surface area contributed by atoms with Crippen LogP contribution < -0.4 is 5.32 Å². The Hall–Kier alpha value is -0.710. The van der Waals surface area contributed by atoms with Crippen LogP contribution in [0.5, 0.6) is 0 Å². The highest BCUT2D eigenvalue weighted by molar-refractivity contribution is 5.78. The van der Waals surface area contributed by atoms with E-state index in [-0.39, 0.29) is 0 Å². The maximum Gasteiger partial charge on any atom is 0.323 e. The van der Waals surface area contributed by atoms with Gasteiger partial charge in [-0.25, -0.2) is 8.78 Å². The van der Waals surface area contributed by atoms with E-state index in [9.17, 15) is 13.6 Å². The fourth-order valence-electron chi connectivity index (χ4n) is 1.12. The molecule has 0 aromatic carbocycles. The van der Waals surface area contributed by atoms with Crippen molar-refractivity contribution in [3.63, 3.8) is 0 Å². The normalized spacial score (nSPS) is 35.5. The number of halogens is 2. The van der Waals surface area contributed by atoms with Crippen LogP contribution in [0.15, 0.2) is 0 Å². The average Bonchev–Trinajstić information content (AvgIpc) is 2.08. The molecule has 1 fully saturated rings. The molecule has 0 bridgehead atoms. The summed E-state index contributed by atoms with van der Waals surface area (Å²) in [5, 5.41) is 10.8.